The molecule has 1 aromatic rings. The van der Waals surface area contributed by atoms with Crippen molar-refractivity contribution in [1.29, 1.82) is 0 Å². The highest BCUT2D eigenvalue weighted by Crippen LogP contribution is 2.26. The first-order valence-corrected chi connectivity index (χ1v) is 9.58. The first-order valence-electron chi connectivity index (χ1n) is 9.58. The van der Waals surface area contributed by atoms with Gasteiger partial charge in [0.1, 0.15) is 0 Å². The van der Waals surface area contributed by atoms with E-state index in [-0.39, 0.29) is 24.1 Å². The maximum absolute atomic E-state index is 12.4. The first-order chi connectivity index (χ1) is 12.1. The molecular formula is C20H31N3O2. The lowest BCUT2D eigenvalue weighted by Crippen LogP contribution is -2.49. The summed E-state index contributed by atoms with van der Waals surface area (Å²) in [6.45, 7) is 3.68. The van der Waals surface area contributed by atoms with Crippen LogP contribution in [0.25, 0.3) is 0 Å². The standard InChI is InChI=1S/C20H31N3O2/c1-22(15-17-8-5-9-19(17)24)20(25)21-18-10-12-23(13-11-18)14-16-6-3-2-4-7-16/h2-4,6-7,17-19,24H,5,8-15H2,1H3,(H,21,25). The van der Waals surface area contributed by atoms with Gasteiger partial charge in [0, 0.05) is 45.2 Å². The van der Waals surface area contributed by atoms with Crippen LogP contribution in [0.4, 0.5) is 4.79 Å². The van der Waals surface area contributed by atoms with Crippen LogP contribution in [0.15, 0.2) is 30.3 Å². The average molecular weight is 345 g/mol. The molecule has 1 aliphatic heterocycles. The number of likely N-dealkylation sites (tertiary alicyclic amines) is 1. The summed E-state index contributed by atoms with van der Waals surface area (Å²) in [4.78, 5) is 16.6. The first kappa shape index (κ1) is 18.2. The van der Waals surface area contributed by atoms with Crippen molar-refractivity contribution in [2.75, 3.05) is 26.7 Å². The predicted molar refractivity (Wildman–Crippen MR) is 99.3 cm³/mol. The number of nitrogens with one attached hydrogen (secondary N) is 1. The number of carbonyl (C=O) groups is 1. The number of hydrogen-bond donors (Lipinski definition) is 2. The van der Waals surface area contributed by atoms with Gasteiger partial charge in [0.25, 0.3) is 0 Å². The second kappa shape index (κ2) is 8.68. The van der Waals surface area contributed by atoms with Crippen LogP contribution in [-0.4, -0.2) is 59.8 Å². The number of urea groups is 1. The number of hydrogen-bond acceptors (Lipinski definition) is 3. The molecule has 1 saturated heterocycles. The van der Waals surface area contributed by atoms with Crippen molar-refractivity contribution in [3.8, 4) is 0 Å². The monoisotopic (exact) mass is 345 g/mol. The third-order valence-electron chi connectivity index (χ3n) is 5.64. The third kappa shape index (κ3) is 5.19. The fraction of sp³-hybridized carbons (Fsp3) is 0.650. The quantitative estimate of drug-likeness (QED) is 0.862. The molecule has 1 aliphatic carbocycles. The minimum Gasteiger partial charge on any atom is -0.393 e. The molecule has 0 bridgehead atoms. The van der Waals surface area contributed by atoms with E-state index in [0.717, 1.165) is 51.7 Å². The van der Waals surface area contributed by atoms with Crippen LogP contribution in [0.3, 0.4) is 0 Å². The number of piperidine rings is 1. The summed E-state index contributed by atoms with van der Waals surface area (Å²) in [5.41, 5.74) is 1.35. The second-order valence-corrected chi connectivity index (χ2v) is 7.62. The van der Waals surface area contributed by atoms with Crippen LogP contribution in [0.5, 0.6) is 0 Å². The lowest BCUT2D eigenvalue weighted by atomic mass is 10.0. The number of carbonyl (C=O) groups excluding carboxylic acids is 1. The minimum absolute atomic E-state index is 0.000564. The fourth-order valence-electron chi connectivity index (χ4n) is 4.03. The van der Waals surface area contributed by atoms with Gasteiger partial charge in [0.2, 0.25) is 0 Å². The Morgan fingerprint density at radius 3 is 2.56 bits per heavy atom. The lowest BCUT2D eigenvalue weighted by molar-refractivity contribution is 0.112. The Morgan fingerprint density at radius 2 is 1.92 bits per heavy atom. The Labute approximate surface area is 151 Å². The van der Waals surface area contributed by atoms with Crippen LogP contribution in [0.1, 0.15) is 37.7 Å². The Bertz CT molecular complexity index is 543. The molecule has 138 valence electrons. The van der Waals surface area contributed by atoms with Gasteiger partial charge in [-0.15, -0.1) is 0 Å². The van der Waals surface area contributed by atoms with E-state index < -0.39 is 0 Å². The molecule has 5 heteroatoms. The third-order valence-corrected chi connectivity index (χ3v) is 5.64. The molecule has 0 radical (unpaired) electrons. The topological polar surface area (TPSA) is 55.8 Å². The maximum atomic E-state index is 12.4. The number of aliphatic hydroxyl groups is 1. The molecule has 3 rings (SSSR count). The van der Waals surface area contributed by atoms with E-state index >= 15 is 0 Å². The molecule has 1 heterocycles. The number of amides is 2. The Hall–Kier alpha value is -1.59. The molecule has 25 heavy (non-hydrogen) atoms. The van der Waals surface area contributed by atoms with Gasteiger partial charge in [-0.25, -0.2) is 4.79 Å². The predicted octanol–water partition coefficient (Wildman–Crippen LogP) is 2.45. The summed E-state index contributed by atoms with van der Waals surface area (Å²) in [6, 6.07) is 10.8. The summed E-state index contributed by atoms with van der Waals surface area (Å²) in [5, 5.41) is 13.1. The highest BCUT2D eigenvalue weighted by molar-refractivity contribution is 5.74. The van der Waals surface area contributed by atoms with Gasteiger partial charge < -0.3 is 15.3 Å². The van der Waals surface area contributed by atoms with Gasteiger partial charge in [0.15, 0.2) is 0 Å². The molecule has 2 N–H and O–H groups in total. The fourth-order valence-corrected chi connectivity index (χ4v) is 4.03. The molecule has 2 amide bonds. The van der Waals surface area contributed by atoms with Gasteiger partial charge in [-0.05, 0) is 31.2 Å². The SMILES string of the molecule is CN(CC1CCCC1O)C(=O)NC1CCN(Cc2ccccc2)CC1. The summed E-state index contributed by atoms with van der Waals surface area (Å²) in [7, 11) is 1.84. The summed E-state index contributed by atoms with van der Waals surface area (Å²) >= 11 is 0. The van der Waals surface area contributed by atoms with Crippen molar-refractivity contribution < 1.29 is 9.90 Å². The van der Waals surface area contributed by atoms with E-state index in [4.69, 9.17) is 0 Å². The van der Waals surface area contributed by atoms with E-state index in [1.807, 2.05) is 13.1 Å². The molecule has 2 atom stereocenters. The summed E-state index contributed by atoms with van der Waals surface area (Å²) in [6.07, 6.45) is 4.73. The van der Waals surface area contributed by atoms with Crippen molar-refractivity contribution in [2.24, 2.45) is 5.92 Å². The molecule has 0 aromatic heterocycles. The van der Waals surface area contributed by atoms with Crippen LogP contribution in [0, 0.1) is 5.92 Å². The van der Waals surface area contributed by atoms with Crippen LogP contribution in [0.2, 0.25) is 0 Å². The Kier molecular flexibility index (Phi) is 6.32. The molecule has 2 unspecified atom stereocenters. The highest BCUT2D eigenvalue weighted by atomic mass is 16.3. The zero-order chi connectivity index (χ0) is 17.6. The summed E-state index contributed by atoms with van der Waals surface area (Å²) in [5.74, 6) is 0.239. The van der Waals surface area contributed by atoms with Crippen LogP contribution >= 0.6 is 0 Å². The molecular weight excluding hydrogens is 314 g/mol. The summed E-state index contributed by atoms with van der Waals surface area (Å²) < 4.78 is 0. The number of benzene rings is 1. The zero-order valence-corrected chi connectivity index (χ0v) is 15.2. The number of aliphatic hydroxyl groups excluding tert-OH is 1. The van der Waals surface area contributed by atoms with E-state index in [2.05, 4.69) is 34.5 Å². The zero-order valence-electron chi connectivity index (χ0n) is 15.2. The Balaban J connectivity index is 1.38. The maximum Gasteiger partial charge on any atom is 0.317 e. The lowest BCUT2D eigenvalue weighted by Gasteiger charge is -2.33. The van der Waals surface area contributed by atoms with E-state index in [1.165, 1.54) is 5.56 Å². The largest absolute Gasteiger partial charge is 0.393 e. The van der Waals surface area contributed by atoms with E-state index in [1.54, 1.807) is 4.90 Å². The van der Waals surface area contributed by atoms with E-state index in [9.17, 15) is 9.90 Å². The van der Waals surface area contributed by atoms with Gasteiger partial charge in [-0.1, -0.05) is 36.8 Å². The van der Waals surface area contributed by atoms with Gasteiger partial charge in [-0.3, -0.25) is 4.90 Å². The molecule has 2 fully saturated rings. The number of rotatable bonds is 5. The Morgan fingerprint density at radius 1 is 1.20 bits per heavy atom. The van der Waals surface area contributed by atoms with Gasteiger partial charge >= 0.3 is 6.03 Å². The smallest absolute Gasteiger partial charge is 0.317 e. The van der Waals surface area contributed by atoms with Crippen molar-refractivity contribution in [3.63, 3.8) is 0 Å². The van der Waals surface area contributed by atoms with Crippen LogP contribution < -0.4 is 5.32 Å². The molecule has 1 saturated carbocycles. The molecule has 5 nitrogen and oxygen atoms in total. The van der Waals surface area contributed by atoms with Crippen molar-refractivity contribution in [2.45, 2.75) is 50.8 Å². The van der Waals surface area contributed by atoms with Crippen LogP contribution in [-0.2, 0) is 6.54 Å². The molecule has 1 aromatic carbocycles. The number of nitrogens with zero attached hydrogens (tertiary/aromatic N) is 2. The van der Waals surface area contributed by atoms with Crippen molar-refractivity contribution in [3.05, 3.63) is 35.9 Å². The van der Waals surface area contributed by atoms with Gasteiger partial charge in [0.05, 0.1) is 6.10 Å². The normalized spacial score (nSPS) is 25.0. The molecule has 2 aliphatic rings. The highest BCUT2D eigenvalue weighted by Gasteiger charge is 2.28. The minimum atomic E-state index is -0.239. The van der Waals surface area contributed by atoms with Crippen molar-refractivity contribution in [1.82, 2.24) is 15.1 Å². The van der Waals surface area contributed by atoms with Crippen molar-refractivity contribution >= 4 is 6.03 Å². The second-order valence-electron chi connectivity index (χ2n) is 7.62. The van der Waals surface area contributed by atoms with E-state index in [0.29, 0.717) is 6.54 Å². The van der Waals surface area contributed by atoms with Gasteiger partial charge in [-0.2, -0.15) is 0 Å². The average Bonchev–Trinajstić information content (AvgIpc) is 3.02. The molecule has 0 spiro atoms.